The minimum atomic E-state index is -4.25. The summed E-state index contributed by atoms with van der Waals surface area (Å²) in [5.41, 5.74) is 0.532. The van der Waals surface area contributed by atoms with Crippen LogP contribution >= 0.6 is 0 Å². The number of carbonyl (C=O) groups excluding carboxylic acids is 1. The number of benzene rings is 1. The van der Waals surface area contributed by atoms with Crippen LogP contribution in [0.25, 0.3) is 0 Å². The van der Waals surface area contributed by atoms with Gasteiger partial charge in [-0.15, -0.1) is 0 Å². The monoisotopic (exact) mass is 452 g/mol. The zero-order valence-corrected chi connectivity index (χ0v) is 18.4. The number of nitrogens with one attached hydrogen (secondary N) is 2. The van der Waals surface area contributed by atoms with Crippen molar-refractivity contribution >= 4 is 22.0 Å². The van der Waals surface area contributed by atoms with Crippen LogP contribution in [-0.4, -0.2) is 56.6 Å². The van der Waals surface area contributed by atoms with E-state index in [4.69, 9.17) is 18.9 Å². The van der Waals surface area contributed by atoms with Gasteiger partial charge in [-0.05, 0) is 32.9 Å². The molecular formula is C19H24N4O7S. The van der Waals surface area contributed by atoms with E-state index in [0.29, 0.717) is 12.3 Å². The highest BCUT2D eigenvalue weighted by atomic mass is 32.2. The molecule has 1 aromatic carbocycles. The highest BCUT2D eigenvalue weighted by Gasteiger charge is 2.33. The van der Waals surface area contributed by atoms with Gasteiger partial charge in [0, 0.05) is 11.8 Å². The van der Waals surface area contributed by atoms with Crippen LogP contribution in [0.15, 0.2) is 35.2 Å². The van der Waals surface area contributed by atoms with Crippen molar-refractivity contribution in [3.8, 4) is 11.6 Å². The number of ether oxygens (including phenoxy) is 4. The highest BCUT2D eigenvalue weighted by Crippen LogP contribution is 2.26. The van der Waals surface area contributed by atoms with Crippen molar-refractivity contribution in [1.82, 2.24) is 14.7 Å². The van der Waals surface area contributed by atoms with Crippen LogP contribution in [0, 0.1) is 6.92 Å². The van der Waals surface area contributed by atoms with Crippen molar-refractivity contribution in [1.29, 1.82) is 0 Å². The van der Waals surface area contributed by atoms with E-state index in [1.165, 1.54) is 25.3 Å². The van der Waals surface area contributed by atoms with E-state index in [2.05, 4.69) is 15.3 Å². The van der Waals surface area contributed by atoms with Crippen LogP contribution in [-0.2, 0) is 19.5 Å². The Morgan fingerprint density at radius 1 is 1.29 bits per heavy atom. The van der Waals surface area contributed by atoms with E-state index in [1.807, 2.05) is 4.72 Å². The Balaban J connectivity index is 1.69. The van der Waals surface area contributed by atoms with Crippen molar-refractivity contribution in [3.63, 3.8) is 0 Å². The molecule has 1 aliphatic heterocycles. The number of aryl methyl sites for hydroxylation is 1. The second kappa shape index (κ2) is 9.04. The van der Waals surface area contributed by atoms with Gasteiger partial charge < -0.3 is 18.9 Å². The molecule has 0 radical (unpaired) electrons. The molecule has 1 unspecified atom stereocenters. The van der Waals surface area contributed by atoms with Gasteiger partial charge in [-0.1, -0.05) is 12.1 Å². The summed E-state index contributed by atoms with van der Waals surface area (Å²) in [5, 5.41) is 2.28. The first kappa shape index (κ1) is 22.7. The fourth-order valence-electron chi connectivity index (χ4n) is 2.82. The maximum atomic E-state index is 12.8. The smallest absolute Gasteiger partial charge is 0.335 e. The first-order valence-corrected chi connectivity index (χ1v) is 10.8. The molecule has 0 saturated carbocycles. The zero-order valence-electron chi connectivity index (χ0n) is 17.5. The number of urea groups is 1. The second-order valence-electron chi connectivity index (χ2n) is 7.14. The lowest BCUT2D eigenvalue weighted by atomic mass is 10.3. The van der Waals surface area contributed by atoms with Crippen molar-refractivity contribution < 1.29 is 32.2 Å². The molecule has 1 aromatic heterocycles. The number of methoxy groups -OCH3 is 1. The number of hydrogen-bond donors (Lipinski definition) is 2. The minimum absolute atomic E-state index is 0.0737. The van der Waals surface area contributed by atoms with Gasteiger partial charge in [0.15, 0.2) is 5.79 Å². The SMILES string of the molecule is COc1cc(C)nc(NC(=O)NS(=O)(=O)c2ccccc2OCC2COC(C)(C)O2)n1. The summed E-state index contributed by atoms with van der Waals surface area (Å²) in [6, 6.07) is 6.49. The van der Waals surface area contributed by atoms with Crippen LogP contribution in [0.2, 0.25) is 0 Å². The largest absolute Gasteiger partial charge is 0.489 e. The minimum Gasteiger partial charge on any atom is -0.489 e. The van der Waals surface area contributed by atoms with Crippen molar-refractivity contribution in [2.45, 2.75) is 37.6 Å². The van der Waals surface area contributed by atoms with Crippen molar-refractivity contribution in [2.75, 3.05) is 25.6 Å². The summed E-state index contributed by atoms with van der Waals surface area (Å²) < 4.78 is 49.2. The quantitative estimate of drug-likeness (QED) is 0.644. The summed E-state index contributed by atoms with van der Waals surface area (Å²) >= 11 is 0. The van der Waals surface area contributed by atoms with Gasteiger partial charge in [0.25, 0.3) is 10.0 Å². The van der Waals surface area contributed by atoms with E-state index >= 15 is 0 Å². The molecule has 2 amide bonds. The lowest BCUT2D eigenvalue weighted by molar-refractivity contribution is -0.141. The predicted octanol–water partition coefficient (Wildman–Crippen LogP) is 1.83. The summed E-state index contributed by atoms with van der Waals surface area (Å²) in [7, 11) is -2.84. The average molecular weight is 452 g/mol. The first-order chi connectivity index (χ1) is 14.6. The Kier molecular flexibility index (Phi) is 6.62. The van der Waals surface area contributed by atoms with Gasteiger partial charge in [0.2, 0.25) is 11.8 Å². The van der Waals surface area contributed by atoms with Crippen LogP contribution in [0.1, 0.15) is 19.5 Å². The predicted molar refractivity (Wildman–Crippen MR) is 110 cm³/mol. The molecule has 2 heterocycles. The number of nitrogens with zero attached hydrogens (tertiary/aromatic N) is 2. The number of rotatable bonds is 7. The highest BCUT2D eigenvalue weighted by molar-refractivity contribution is 7.90. The third-order valence-electron chi connectivity index (χ3n) is 4.12. The summed E-state index contributed by atoms with van der Waals surface area (Å²) in [4.78, 5) is 20.0. The van der Waals surface area contributed by atoms with Crippen LogP contribution in [0.4, 0.5) is 10.7 Å². The summed E-state index contributed by atoms with van der Waals surface area (Å²) in [5.74, 6) is -0.523. The lowest BCUT2D eigenvalue weighted by Crippen LogP contribution is -2.35. The van der Waals surface area contributed by atoms with Crippen LogP contribution in [0.5, 0.6) is 11.6 Å². The van der Waals surface area contributed by atoms with Crippen molar-refractivity contribution in [3.05, 3.63) is 36.0 Å². The molecule has 1 saturated heterocycles. The topological polar surface area (TPSA) is 138 Å². The zero-order chi connectivity index (χ0) is 22.6. The molecule has 1 atom stereocenters. The lowest BCUT2D eigenvalue weighted by Gasteiger charge is -2.18. The molecule has 0 bridgehead atoms. The fourth-order valence-corrected chi connectivity index (χ4v) is 3.88. The molecular weight excluding hydrogens is 428 g/mol. The van der Waals surface area contributed by atoms with E-state index in [0.717, 1.165) is 0 Å². The maximum absolute atomic E-state index is 12.8. The third-order valence-corrected chi connectivity index (χ3v) is 5.49. The maximum Gasteiger partial charge on any atom is 0.335 e. The van der Waals surface area contributed by atoms with Crippen LogP contribution in [0.3, 0.4) is 0 Å². The van der Waals surface area contributed by atoms with Gasteiger partial charge >= 0.3 is 6.03 Å². The number of anilines is 1. The number of aromatic nitrogens is 2. The molecule has 31 heavy (non-hydrogen) atoms. The van der Waals surface area contributed by atoms with Gasteiger partial charge in [0.1, 0.15) is 23.4 Å². The molecule has 2 aromatic rings. The molecule has 12 heteroatoms. The molecule has 0 spiro atoms. The normalized spacial score (nSPS) is 17.7. The second-order valence-corrected chi connectivity index (χ2v) is 8.79. The van der Waals surface area contributed by atoms with Gasteiger partial charge in [0.05, 0.1) is 13.7 Å². The Morgan fingerprint density at radius 2 is 2.03 bits per heavy atom. The number of sulfonamides is 1. The molecule has 11 nitrogen and oxygen atoms in total. The number of para-hydroxylation sites is 1. The van der Waals surface area contributed by atoms with E-state index in [-0.39, 0.29) is 35.2 Å². The average Bonchev–Trinajstić information content (AvgIpc) is 3.04. The first-order valence-electron chi connectivity index (χ1n) is 9.35. The Hall–Kier alpha value is -2.96. The standard InChI is InChI=1S/C19H24N4O7S/c1-12-9-16(27-4)21-17(20-12)22-18(24)23-31(25,26)15-8-6-5-7-14(15)28-10-13-11-29-19(2,3)30-13/h5-9,13H,10-11H2,1-4H3,(H2,20,21,22,23,24). The number of amides is 2. The Morgan fingerprint density at radius 3 is 2.71 bits per heavy atom. The molecule has 3 rings (SSSR count). The molecule has 0 aliphatic carbocycles. The molecule has 1 aliphatic rings. The van der Waals surface area contributed by atoms with E-state index in [1.54, 1.807) is 32.9 Å². The molecule has 168 valence electrons. The summed E-state index contributed by atoms with van der Waals surface area (Å²) in [6.45, 7) is 5.64. The molecule has 1 fully saturated rings. The van der Waals surface area contributed by atoms with Crippen molar-refractivity contribution in [2.24, 2.45) is 0 Å². The number of hydrogen-bond acceptors (Lipinski definition) is 9. The van der Waals surface area contributed by atoms with Gasteiger partial charge in [-0.2, -0.15) is 4.98 Å². The Labute approximate surface area is 180 Å². The van der Waals surface area contributed by atoms with Gasteiger partial charge in [-0.25, -0.2) is 22.9 Å². The fraction of sp³-hybridized carbons (Fsp3) is 0.421. The summed E-state index contributed by atoms with van der Waals surface area (Å²) in [6.07, 6.45) is -0.351. The number of carbonyl (C=O) groups is 1. The molecule has 2 N–H and O–H groups in total. The van der Waals surface area contributed by atoms with E-state index < -0.39 is 21.8 Å². The van der Waals surface area contributed by atoms with Gasteiger partial charge in [-0.3, -0.25) is 5.32 Å². The third kappa shape index (κ3) is 6.03. The Bertz CT molecular complexity index is 1060. The van der Waals surface area contributed by atoms with Crippen LogP contribution < -0.4 is 19.5 Å². The van der Waals surface area contributed by atoms with E-state index in [9.17, 15) is 13.2 Å².